The monoisotopic (exact) mass is 313 g/mol. The number of aryl methyl sites for hydroxylation is 1. The molecule has 0 aliphatic carbocycles. The maximum atomic E-state index is 10.9. The smallest absolute Gasteiger partial charge is 0.219 e. The van der Waals surface area contributed by atoms with Gasteiger partial charge in [-0.05, 0) is 24.6 Å². The molecule has 0 bridgehead atoms. The Hall–Kier alpha value is -1.36. The lowest BCUT2D eigenvalue weighted by molar-refractivity contribution is -0.106. The summed E-state index contributed by atoms with van der Waals surface area (Å²) in [5.41, 5.74) is 1.90. The number of benzene rings is 1. The van der Waals surface area contributed by atoms with Gasteiger partial charge in [0.2, 0.25) is 6.41 Å². The van der Waals surface area contributed by atoms with Gasteiger partial charge >= 0.3 is 0 Å². The van der Waals surface area contributed by atoms with Crippen molar-refractivity contribution in [1.29, 1.82) is 0 Å². The van der Waals surface area contributed by atoms with Crippen molar-refractivity contribution >= 4 is 34.4 Å². The minimum Gasteiger partial charge on any atom is -0.302 e. The Balaban J connectivity index is 0.00000137. The Kier molecular flexibility index (Phi) is 8.03. The molecule has 0 N–H and O–H groups in total. The van der Waals surface area contributed by atoms with Crippen LogP contribution in [-0.2, 0) is 4.79 Å². The van der Waals surface area contributed by atoms with Crippen LogP contribution < -0.4 is 4.90 Å². The van der Waals surface area contributed by atoms with Crippen molar-refractivity contribution in [2.24, 2.45) is 5.10 Å². The number of anilines is 1. The Morgan fingerprint density at radius 2 is 1.89 bits per heavy atom. The summed E-state index contributed by atoms with van der Waals surface area (Å²) in [5.74, 6) is 0. The zero-order valence-corrected chi connectivity index (χ0v) is 13.1. The first-order valence-corrected chi connectivity index (χ1v) is 6.55. The van der Waals surface area contributed by atoms with E-state index in [4.69, 9.17) is 0 Å². The van der Waals surface area contributed by atoms with Gasteiger partial charge in [0.15, 0.2) is 0 Å². The number of rotatable bonds is 4. The minimum atomic E-state index is 0.726. The molecule has 0 heterocycles. The summed E-state index contributed by atoms with van der Waals surface area (Å²) in [5, 5.41) is 5.64. The van der Waals surface area contributed by atoms with Gasteiger partial charge < -0.3 is 5.01 Å². The standard InChI is InChI=1S/C11H14BrN3O.C2H6/c1-9-4-5-10(6-11(9)12)15(8-16)7-13-14(2)3;1-2/h4-8H,1-3H3;1-2H3/b13-7-;. The highest BCUT2D eigenvalue weighted by atomic mass is 79.9. The first-order chi connectivity index (χ1) is 8.54. The van der Waals surface area contributed by atoms with Crippen molar-refractivity contribution < 1.29 is 4.79 Å². The highest BCUT2D eigenvalue weighted by Crippen LogP contribution is 2.22. The normalized spacial score (nSPS) is 9.67. The molecule has 1 amide bonds. The molecule has 5 heteroatoms. The van der Waals surface area contributed by atoms with E-state index >= 15 is 0 Å². The highest BCUT2D eigenvalue weighted by Gasteiger charge is 2.04. The van der Waals surface area contributed by atoms with Crippen LogP contribution >= 0.6 is 15.9 Å². The number of nitrogens with zero attached hydrogens (tertiary/aromatic N) is 3. The third kappa shape index (κ3) is 5.31. The second kappa shape index (κ2) is 8.69. The molecule has 1 aromatic rings. The van der Waals surface area contributed by atoms with Crippen LogP contribution in [0.25, 0.3) is 0 Å². The van der Waals surface area contributed by atoms with Gasteiger partial charge in [-0.15, -0.1) is 0 Å². The summed E-state index contributed by atoms with van der Waals surface area (Å²) in [6.45, 7) is 5.99. The molecular weight excluding hydrogens is 294 g/mol. The summed E-state index contributed by atoms with van der Waals surface area (Å²) in [7, 11) is 3.59. The van der Waals surface area contributed by atoms with Gasteiger partial charge in [0.05, 0.1) is 5.69 Å². The van der Waals surface area contributed by atoms with Crippen LogP contribution in [0, 0.1) is 6.92 Å². The largest absolute Gasteiger partial charge is 0.302 e. The Labute approximate surface area is 117 Å². The second-order valence-electron chi connectivity index (χ2n) is 3.52. The fourth-order valence-corrected chi connectivity index (χ4v) is 1.42. The van der Waals surface area contributed by atoms with Crippen LogP contribution in [-0.4, -0.2) is 31.9 Å². The van der Waals surface area contributed by atoms with Gasteiger partial charge in [-0.2, -0.15) is 5.10 Å². The molecule has 4 nitrogen and oxygen atoms in total. The van der Waals surface area contributed by atoms with Gasteiger partial charge in [0.25, 0.3) is 0 Å². The molecule has 0 atom stereocenters. The van der Waals surface area contributed by atoms with Crippen LogP contribution in [0.1, 0.15) is 19.4 Å². The molecular formula is C13H20BrN3O. The topological polar surface area (TPSA) is 35.9 Å². The molecule has 1 rings (SSSR count). The van der Waals surface area contributed by atoms with E-state index in [0.717, 1.165) is 22.1 Å². The first-order valence-electron chi connectivity index (χ1n) is 5.76. The highest BCUT2D eigenvalue weighted by molar-refractivity contribution is 9.10. The van der Waals surface area contributed by atoms with Gasteiger partial charge in [-0.25, -0.2) is 0 Å². The molecule has 0 aliphatic heterocycles. The predicted molar refractivity (Wildman–Crippen MR) is 80.9 cm³/mol. The zero-order valence-electron chi connectivity index (χ0n) is 11.5. The lowest BCUT2D eigenvalue weighted by atomic mass is 10.2. The fourth-order valence-electron chi connectivity index (χ4n) is 1.06. The predicted octanol–water partition coefficient (Wildman–Crippen LogP) is 3.25. The van der Waals surface area contributed by atoms with Gasteiger partial charge in [0, 0.05) is 18.6 Å². The van der Waals surface area contributed by atoms with Crippen LogP contribution in [0.15, 0.2) is 27.8 Å². The quantitative estimate of drug-likeness (QED) is 0.370. The maximum absolute atomic E-state index is 10.9. The molecule has 0 fully saturated rings. The van der Waals surface area contributed by atoms with Gasteiger partial charge in [-0.3, -0.25) is 9.69 Å². The van der Waals surface area contributed by atoms with Crippen molar-refractivity contribution in [3.63, 3.8) is 0 Å². The zero-order chi connectivity index (χ0) is 14.1. The molecule has 100 valence electrons. The second-order valence-corrected chi connectivity index (χ2v) is 4.38. The number of hydrogen-bond acceptors (Lipinski definition) is 3. The summed E-state index contributed by atoms with van der Waals surface area (Å²) in [6, 6.07) is 5.70. The van der Waals surface area contributed by atoms with E-state index in [2.05, 4.69) is 21.0 Å². The Morgan fingerprint density at radius 3 is 2.33 bits per heavy atom. The third-order valence-corrected chi connectivity index (χ3v) is 2.83. The van der Waals surface area contributed by atoms with E-state index in [1.54, 1.807) is 19.1 Å². The number of hydrogen-bond donors (Lipinski definition) is 0. The van der Waals surface area contributed by atoms with E-state index in [1.165, 1.54) is 11.2 Å². The molecule has 0 saturated heterocycles. The number of halogens is 1. The molecule has 0 aliphatic rings. The van der Waals surface area contributed by atoms with E-state index in [0.29, 0.717) is 0 Å². The summed E-state index contributed by atoms with van der Waals surface area (Å²) in [6.07, 6.45) is 2.20. The van der Waals surface area contributed by atoms with E-state index in [1.807, 2.05) is 39.0 Å². The summed E-state index contributed by atoms with van der Waals surface area (Å²) >= 11 is 3.43. The average molecular weight is 314 g/mol. The molecule has 18 heavy (non-hydrogen) atoms. The lowest BCUT2D eigenvalue weighted by Crippen LogP contribution is -2.20. The molecule has 0 aromatic heterocycles. The molecule has 0 radical (unpaired) electrons. The summed E-state index contributed by atoms with van der Waals surface area (Å²) < 4.78 is 0.968. The summed E-state index contributed by atoms with van der Waals surface area (Å²) in [4.78, 5) is 12.3. The third-order valence-electron chi connectivity index (χ3n) is 1.97. The van der Waals surface area contributed by atoms with Crippen LogP contribution in [0.3, 0.4) is 0 Å². The first kappa shape index (κ1) is 16.6. The van der Waals surface area contributed by atoms with E-state index < -0.39 is 0 Å². The van der Waals surface area contributed by atoms with Crippen molar-refractivity contribution in [3.05, 3.63) is 28.2 Å². The lowest BCUT2D eigenvalue weighted by Gasteiger charge is -2.13. The SMILES string of the molecule is CC.Cc1ccc(N(C=O)/C=N\N(C)C)cc1Br. The average Bonchev–Trinajstić information content (AvgIpc) is 2.36. The van der Waals surface area contributed by atoms with Crippen LogP contribution in [0.5, 0.6) is 0 Å². The number of amides is 1. The minimum absolute atomic E-state index is 0.726. The number of carbonyl (C=O) groups is 1. The molecule has 0 saturated carbocycles. The van der Waals surface area contributed by atoms with Crippen LogP contribution in [0.4, 0.5) is 5.69 Å². The van der Waals surface area contributed by atoms with Gasteiger partial charge in [0.1, 0.15) is 6.34 Å². The Bertz CT molecular complexity index is 405. The van der Waals surface area contributed by atoms with Crippen LogP contribution in [0.2, 0.25) is 0 Å². The maximum Gasteiger partial charge on any atom is 0.219 e. The van der Waals surface area contributed by atoms with Gasteiger partial charge in [-0.1, -0.05) is 35.8 Å². The number of carbonyl (C=O) groups excluding carboxylic acids is 1. The molecule has 0 unspecified atom stereocenters. The fraction of sp³-hybridized carbons (Fsp3) is 0.385. The van der Waals surface area contributed by atoms with Crippen molar-refractivity contribution in [1.82, 2.24) is 5.01 Å². The van der Waals surface area contributed by atoms with Crippen molar-refractivity contribution in [2.45, 2.75) is 20.8 Å². The molecule has 1 aromatic carbocycles. The Morgan fingerprint density at radius 1 is 1.28 bits per heavy atom. The van der Waals surface area contributed by atoms with E-state index in [-0.39, 0.29) is 0 Å². The van der Waals surface area contributed by atoms with E-state index in [9.17, 15) is 4.79 Å². The van der Waals surface area contributed by atoms with Crippen molar-refractivity contribution in [3.8, 4) is 0 Å². The van der Waals surface area contributed by atoms with Crippen molar-refractivity contribution in [2.75, 3.05) is 19.0 Å². The molecule has 0 spiro atoms. The number of hydrazone groups is 1.